The molecule has 1 atom stereocenters. The van der Waals surface area contributed by atoms with E-state index in [1.54, 1.807) is 0 Å². The van der Waals surface area contributed by atoms with Gasteiger partial charge in [-0.3, -0.25) is 0 Å². The zero-order valence-corrected chi connectivity index (χ0v) is 14.6. The van der Waals surface area contributed by atoms with Crippen molar-refractivity contribution in [3.63, 3.8) is 0 Å². The lowest BCUT2D eigenvalue weighted by Gasteiger charge is -2.33. The Morgan fingerprint density at radius 2 is 1.68 bits per heavy atom. The smallest absolute Gasteiger partial charge is 0.398 e. The van der Waals surface area contributed by atoms with Gasteiger partial charge in [0.05, 0.1) is 11.2 Å². The third kappa shape index (κ3) is 3.01. The first kappa shape index (κ1) is 16.5. The van der Waals surface area contributed by atoms with Gasteiger partial charge in [-0.05, 0) is 70.8 Å². The summed E-state index contributed by atoms with van der Waals surface area (Å²) in [7, 11) is -0.804. The fourth-order valence-electron chi connectivity index (χ4n) is 3.89. The standard InChI is InChI=1S/C18H30BFO2/c1-17(2)18(3,4)22-19(21-17)16(20)15-11-6-5-10-14(15)12-13-8-7-9-13/h13-14H,5-12H2,1-4H3. The lowest BCUT2D eigenvalue weighted by Crippen LogP contribution is -2.41. The lowest BCUT2D eigenvalue weighted by atomic mass is 9.69. The topological polar surface area (TPSA) is 18.5 Å². The minimum absolute atomic E-state index is 0.123. The van der Waals surface area contributed by atoms with E-state index in [9.17, 15) is 0 Å². The Morgan fingerprint density at radius 3 is 2.23 bits per heavy atom. The van der Waals surface area contributed by atoms with Crippen LogP contribution < -0.4 is 0 Å². The van der Waals surface area contributed by atoms with Gasteiger partial charge in [0.25, 0.3) is 0 Å². The summed E-state index contributed by atoms with van der Waals surface area (Å²) in [6.45, 7) is 7.94. The first-order valence-corrected chi connectivity index (χ1v) is 9.04. The third-order valence-corrected chi connectivity index (χ3v) is 6.35. The van der Waals surface area contributed by atoms with Crippen LogP contribution in [0.1, 0.15) is 79.1 Å². The number of allylic oxidation sites excluding steroid dienone is 1. The van der Waals surface area contributed by atoms with Gasteiger partial charge in [-0.15, -0.1) is 0 Å². The van der Waals surface area contributed by atoms with Crippen molar-refractivity contribution in [3.05, 3.63) is 11.3 Å². The molecule has 2 nitrogen and oxygen atoms in total. The van der Waals surface area contributed by atoms with Crippen molar-refractivity contribution < 1.29 is 13.7 Å². The fraction of sp³-hybridized carbons (Fsp3) is 0.889. The molecular weight excluding hydrogens is 278 g/mol. The van der Waals surface area contributed by atoms with Crippen LogP contribution in [-0.4, -0.2) is 18.3 Å². The van der Waals surface area contributed by atoms with E-state index >= 15 is 4.39 Å². The minimum atomic E-state index is -0.804. The maximum Gasteiger partial charge on any atom is 0.525 e. The molecule has 3 fully saturated rings. The fourth-order valence-corrected chi connectivity index (χ4v) is 3.89. The normalized spacial score (nSPS) is 33.7. The van der Waals surface area contributed by atoms with E-state index in [0.29, 0.717) is 5.92 Å². The van der Waals surface area contributed by atoms with Crippen molar-refractivity contribution in [1.82, 2.24) is 0 Å². The molecule has 4 heteroatoms. The predicted molar refractivity (Wildman–Crippen MR) is 88.1 cm³/mol. The highest BCUT2D eigenvalue weighted by Gasteiger charge is 2.53. The van der Waals surface area contributed by atoms with Crippen LogP contribution in [0.2, 0.25) is 0 Å². The largest absolute Gasteiger partial charge is 0.525 e. The van der Waals surface area contributed by atoms with Crippen LogP contribution in [0.3, 0.4) is 0 Å². The van der Waals surface area contributed by atoms with Crippen molar-refractivity contribution in [1.29, 1.82) is 0 Å². The molecule has 0 aromatic heterocycles. The molecule has 0 N–H and O–H groups in total. The van der Waals surface area contributed by atoms with E-state index in [1.165, 1.54) is 32.1 Å². The Labute approximate surface area is 135 Å². The van der Waals surface area contributed by atoms with Crippen LogP contribution in [0, 0.1) is 11.8 Å². The Morgan fingerprint density at radius 1 is 1.05 bits per heavy atom. The second-order valence-electron chi connectivity index (χ2n) is 8.44. The highest BCUT2D eigenvalue weighted by atomic mass is 19.1. The van der Waals surface area contributed by atoms with Crippen LogP contribution >= 0.6 is 0 Å². The molecule has 1 saturated heterocycles. The Balaban J connectivity index is 1.77. The molecule has 3 aliphatic rings. The summed E-state index contributed by atoms with van der Waals surface area (Å²) in [5.41, 5.74) is -0.0548. The van der Waals surface area contributed by atoms with E-state index < -0.39 is 18.3 Å². The quantitative estimate of drug-likeness (QED) is 0.665. The average molecular weight is 308 g/mol. The maximum atomic E-state index is 15.1. The van der Waals surface area contributed by atoms with Crippen molar-refractivity contribution >= 4 is 7.12 Å². The molecule has 0 aromatic rings. The molecule has 2 saturated carbocycles. The molecule has 2 aliphatic carbocycles. The predicted octanol–water partition coefficient (Wildman–Crippen LogP) is 5.22. The van der Waals surface area contributed by atoms with Gasteiger partial charge in [0.2, 0.25) is 0 Å². The summed E-state index contributed by atoms with van der Waals surface area (Å²) in [6.07, 6.45) is 9.55. The van der Waals surface area contributed by atoms with E-state index in [2.05, 4.69) is 0 Å². The Kier molecular flexibility index (Phi) is 4.46. The van der Waals surface area contributed by atoms with E-state index in [0.717, 1.165) is 30.8 Å². The summed E-state index contributed by atoms with van der Waals surface area (Å²) in [5, 5.41) is 0. The molecule has 0 amide bonds. The molecule has 1 unspecified atom stereocenters. The highest BCUT2D eigenvalue weighted by Crippen LogP contribution is 2.44. The molecular formula is C18H30BFO2. The zero-order valence-electron chi connectivity index (χ0n) is 14.6. The molecule has 0 spiro atoms. The second-order valence-corrected chi connectivity index (χ2v) is 8.44. The number of halogens is 1. The second kappa shape index (κ2) is 5.94. The Hall–Kier alpha value is -0.345. The van der Waals surface area contributed by atoms with Crippen LogP contribution in [0.25, 0.3) is 0 Å². The molecule has 22 heavy (non-hydrogen) atoms. The lowest BCUT2D eigenvalue weighted by molar-refractivity contribution is 0.00578. The van der Waals surface area contributed by atoms with Gasteiger partial charge in [-0.1, -0.05) is 25.7 Å². The van der Waals surface area contributed by atoms with Crippen molar-refractivity contribution in [3.8, 4) is 0 Å². The van der Waals surface area contributed by atoms with E-state index in [-0.39, 0.29) is 5.73 Å². The monoisotopic (exact) mass is 308 g/mol. The minimum Gasteiger partial charge on any atom is -0.398 e. The van der Waals surface area contributed by atoms with Crippen LogP contribution in [-0.2, 0) is 9.31 Å². The van der Waals surface area contributed by atoms with Crippen LogP contribution in [0.15, 0.2) is 11.3 Å². The molecule has 3 rings (SSSR count). The van der Waals surface area contributed by atoms with Crippen LogP contribution in [0.4, 0.5) is 4.39 Å². The SMILES string of the molecule is CC1(C)OB(C(F)=C2CCCCC2CC2CCC2)OC1(C)C. The van der Waals surface area contributed by atoms with E-state index in [4.69, 9.17) is 9.31 Å². The highest BCUT2D eigenvalue weighted by molar-refractivity contribution is 6.53. The molecule has 124 valence electrons. The van der Waals surface area contributed by atoms with Crippen molar-refractivity contribution in [2.75, 3.05) is 0 Å². The summed E-state index contributed by atoms with van der Waals surface area (Å²) in [4.78, 5) is 0. The summed E-state index contributed by atoms with van der Waals surface area (Å²) in [5.74, 6) is 1.24. The molecule has 0 radical (unpaired) electrons. The zero-order chi connectivity index (χ0) is 16.0. The van der Waals surface area contributed by atoms with Crippen molar-refractivity contribution in [2.24, 2.45) is 11.8 Å². The number of rotatable bonds is 3. The van der Waals surface area contributed by atoms with Gasteiger partial charge in [0.1, 0.15) is 5.73 Å². The average Bonchev–Trinajstić information content (AvgIpc) is 2.62. The van der Waals surface area contributed by atoms with Crippen molar-refractivity contribution in [2.45, 2.75) is 90.3 Å². The van der Waals surface area contributed by atoms with Gasteiger partial charge in [0, 0.05) is 0 Å². The van der Waals surface area contributed by atoms with E-state index in [1.807, 2.05) is 27.7 Å². The van der Waals surface area contributed by atoms with Gasteiger partial charge < -0.3 is 9.31 Å². The Bertz CT molecular complexity index is 438. The molecule has 0 bridgehead atoms. The van der Waals surface area contributed by atoms with Crippen LogP contribution in [0.5, 0.6) is 0 Å². The number of hydrogen-bond acceptors (Lipinski definition) is 2. The first-order chi connectivity index (χ1) is 10.3. The summed E-state index contributed by atoms with van der Waals surface area (Å²) < 4.78 is 27.0. The third-order valence-electron chi connectivity index (χ3n) is 6.35. The summed E-state index contributed by atoms with van der Waals surface area (Å²) >= 11 is 0. The van der Waals surface area contributed by atoms with Gasteiger partial charge in [0.15, 0.2) is 0 Å². The molecule has 1 heterocycles. The first-order valence-electron chi connectivity index (χ1n) is 9.04. The summed E-state index contributed by atoms with van der Waals surface area (Å²) in [6, 6.07) is 0. The van der Waals surface area contributed by atoms with Gasteiger partial charge >= 0.3 is 7.12 Å². The number of hydrogen-bond donors (Lipinski definition) is 0. The van der Waals surface area contributed by atoms with Gasteiger partial charge in [-0.2, -0.15) is 0 Å². The molecule has 0 aromatic carbocycles. The van der Waals surface area contributed by atoms with Gasteiger partial charge in [-0.25, -0.2) is 4.39 Å². The molecule has 1 aliphatic heterocycles. The maximum absolute atomic E-state index is 15.1.